The van der Waals surface area contributed by atoms with Crippen molar-refractivity contribution in [3.8, 4) is 33.2 Å². The molecule has 2 aromatic heterocycles. The third-order valence-corrected chi connectivity index (χ3v) is 9.06. The second kappa shape index (κ2) is 9.80. The lowest BCUT2D eigenvalue weighted by Crippen LogP contribution is -2.35. The highest BCUT2D eigenvalue weighted by molar-refractivity contribution is 7.13. The Morgan fingerprint density at radius 1 is 1.08 bits per heavy atom. The van der Waals surface area contributed by atoms with Gasteiger partial charge in [-0.05, 0) is 80.2 Å². The lowest BCUT2D eigenvalue weighted by atomic mass is 9.95. The molecule has 2 aliphatic heterocycles. The van der Waals surface area contributed by atoms with E-state index in [1.54, 1.807) is 25.4 Å². The van der Waals surface area contributed by atoms with Crippen LogP contribution in [0.3, 0.4) is 0 Å². The van der Waals surface area contributed by atoms with E-state index in [0.29, 0.717) is 11.8 Å². The Balaban J connectivity index is 1.36. The van der Waals surface area contributed by atoms with Gasteiger partial charge < -0.3 is 24.3 Å². The minimum atomic E-state index is 0.0195. The van der Waals surface area contributed by atoms with Gasteiger partial charge in [-0.2, -0.15) is 0 Å². The average molecular weight is 534 g/mol. The summed E-state index contributed by atoms with van der Waals surface area (Å²) in [5.41, 5.74) is 5.25. The quantitative estimate of drug-likeness (QED) is 0.472. The number of aromatic nitrogens is 1. The summed E-state index contributed by atoms with van der Waals surface area (Å²) in [5.74, 6) is 2.51. The molecule has 4 heterocycles. The monoisotopic (exact) mass is 533 g/mol. The van der Waals surface area contributed by atoms with Crippen LogP contribution in [-0.4, -0.2) is 53.6 Å². The van der Waals surface area contributed by atoms with Gasteiger partial charge in [-0.1, -0.05) is 6.07 Å². The lowest BCUT2D eigenvalue weighted by Gasteiger charge is -2.26. The number of carbonyl (C=O) groups excluding carboxylic acids is 2. The summed E-state index contributed by atoms with van der Waals surface area (Å²) >= 11 is 1.69. The topological polar surface area (TPSA) is 72.8 Å². The van der Waals surface area contributed by atoms with Gasteiger partial charge in [0.2, 0.25) is 5.91 Å². The number of ether oxygens (including phenoxy) is 2. The second-order valence-electron chi connectivity index (χ2n) is 11.1. The van der Waals surface area contributed by atoms with Crippen LogP contribution >= 0.6 is 11.3 Å². The normalized spacial score (nSPS) is 21.7. The molecule has 2 amide bonds. The predicted molar refractivity (Wildman–Crippen MR) is 149 cm³/mol. The van der Waals surface area contributed by atoms with Crippen LogP contribution < -0.4 is 14.8 Å². The molecule has 0 bridgehead atoms. The first-order chi connectivity index (χ1) is 18.3. The molecule has 2 fully saturated rings. The number of nitrogens with one attached hydrogen (secondary N) is 1. The Labute approximate surface area is 227 Å². The molecule has 38 heavy (non-hydrogen) atoms. The van der Waals surface area contributed by atoms with E-state index in [9.17, 15) is 9.59 Å². The first-order valence-corrected chi connectivity index (χ1v) is 14.4. The summed E-state index contributed by atoms with van der Waals surface area (Å²) in [6.45, 7) is 7.87. The van der Waals surface area contributed by atoms with Crippen LogP contribution in [0.4, 0.5) is 0 Å². The molecule has 3 atom stereocenters. The van der Waals surface area contributed by atoms with Gasteiger partial charge in [-0.15, -0.1) is 11.3 Å². The van der Waals surface area contributed by atoms with Crippen LogP contribution in [-0.2, 0) is 17.8 Å². The van der Waals surface area contributed by atoms with Gasteiger partial charge in [0.15, 0.2) is 11.5 Å². The van der Waals surface area contributed by atoms with Gasteiger partial charge in [-0.25, -0.2) is 0 Å². The highest BCUT2D eigenvalue weighted by Gasteiger charge is 2.43. The zero-order chi connectivity index (χ0) is 26.6. The molecule has 3 aromatic rings. The molecule has 7 nitrogen and oxygen atoms in total. The van der Waals surface area contributed by atoms with E-state index in [4.69, 9.17) is 9.47 Å². The Bertz CT molecular complexity index is 1360. The molecule has 6 rings (SSSR count). The largest absolute Gasteiger partial charge is 0.493 e. The molecule has 3 aliphatic rings. The molecule has 8 heteroatoms. The number of likely N-dealkylation sites (tertiary alicyclic amines) is 1. The number of amides is 2. The first kappa shape index (κ1) is 25.0. The van der Waals surface area contributed by atoms with E-state index < -0.39 is 0 Å². The number of benzene rings is 1. The minimum absolute atomic E-state index is 0.0195. The lowest BCUT2D eigenvalue weighted by molar-refractivity contribution is -0.119. The van der Waals surface area contributed by atoms with Crippen molar-refractivity contribution in [2.24, 2.45) is 11.8 Å². The van der Waals surface area contributed by atoms with Crippen molar-refractivity contribution in [3.05, 3.63) is 47.0 Å². The van der Waals surface area contributed by atoms with Crippen LogP contribution in [0.15, 0.2) is 35.7 Å². The maximum absolute atomic E-state index is 14.0. The molecule has 0 spiro atoms. The number of carbonyl (C=O) groups is 2. The van der Waals surface area contributed by atoms with Crippen LogP contribution in [0.5, 0.6) is 11.5 Å². The van der Waals surface area contributed by atoms with Crippen molar-refractivity contribution in [1.29, 1.82) is 0 Å². The van der Waals surface area contributed by atoms with Gasteiger partial charge in [0, 0.05) is 48.6 Å². The van der Waals surface area contributed by atoms with Gasteiger partial charge >= 0.3 is 0 Å². The van der Waals surface area contributed by atoms with Crippen molar-refractivity contribution >= 4 is 23.2 Å². The number of thiophene rings is 1. The fourth-order valence-electron chi connectivity index (χ4n) is 6.67. The number of rotatable bonds is 6. The highest BCUT2D eigenvalue weighted by Crippen LogP contribution is 2.46. The Morgan fingerprint density at radius 3 is 2.47 bits per heavy atom. The number of methoxy groups -OCH3 is 1. The summed E-state index contributed by atoms with van der Waals surface area (Å²) in [5, 5.41) is 5.16. The molecule has 1 unspecified atom stereocenters. The third kappa shape index (κ3) is 4.38. The van der Waals surface area contributed by atoms with E-state index in [1.165, 1.54) is 5.56 Å². The van der Waals surface area contributed by atoms with Gasteiger partial charge in [0.05, 0.1) is 18.9 Å². The number of hydrogen-bond donors (Lipinski definition) is 1. The van der Waals surface area contributed by atoms with Gasteiger partial charge in [-0.3, -0.25) is 9.59 Å². The van der Waals surface area contributed by atoms with Gasteiger partial charge in [0.1, 0.15) is 5.69 Å². The zero-order valence-corrected chi connectivity index (χ0v) is 23.3. The number of aryl methyl sites for hydroxylation is 1. The summed E-state index contributed by atoms with van der Waals surface area (Å²) in [4.78, 5) is 28.7. The van der Waals surface area contributed by atoms with Crippen molar-refractivity contribution in [2.45, 2.75) is 58.7 Å². The van der Waals surface area contributed by atoms with Crippen molar-refractivity contribution < 1.29 is 19.1 Å². The van der Waals surface area contributed by atoms with Crippen LogP contribution in [0, 0.1) is 11.8 Å². The fraction of sp³-hybridized carbons (Fsp3) is 0.467. The van der Waals surface area contributed by atoms with E-state index in [2.05, 4.69) is 45.6 Å². The molecule has 1 aromatic carbocycles. The van der Waals surface area contributed by atoms with Crippen LogP contribution in [0.1, 0.15) is 49.7 Å². The van der Waals surface area contributed by atoms with E-state index >= 15 is 0 Å². The standard InChI is InChI=1S/C30H35N3O4S/c1-17(2)37-27-14-23-19(12-26(27)36-4)7-8-33-25(13-24(29(23)33)28-6-5-9-38-28)30(35)32-15-20-10-22(31-18(3)34)11-21(20)16-32/h5-6,9,12-14,17,20-22H,7-8,10-11,15-16H2,1-4H3,(H,31,34)/t20-,21+,22?. The van der Waals surface area contributed by atoms with E-state index in [-0.39, 0.29) is 24.0 Å². The summed E-state index contributed by atoms with van der Waals surface area (Å²) in [6.07, 6.45) is 2.75. The van der Waals surface area contributed by atoms with Crippen LogP contribution in [0.25, 0.3) is 21.7 Å². The molecule has 1 saturated heterocycles. The third-order valence-electron chi connectivity index (χ3n) is 8.16. The number of hydrogen-bond acceptors (Lipinski definition) is 5. The van der Waals surface area contributed by atoms with E-state index in [1.807, 2.05) is 18.7 Å². The Morgan fingerprint density at radius 2 is 1.84 bits per heavy atom. The first-order valence-electron chi connectivity index (χ1n) is 13.5. The molecule has 1 aliphatic carbocycles. The summed E-state index contributed by atoms with van der Waals surface area (Å²) in [6, 6.07) is 10.7. The molecule has 1 N–H and O–H groups in total. The maximum atomic E-state index is 14.0. The fourth-order valence-corrected chi connectivity index (χ4v) is 7.41. The summed E-state index contributed by atoms with van der Waals surface area (Å²) in [7, 11) is 1.68. The molecule has 200 valence electrons. The average Bonchev–Trinajstić information content (AvgIpc) is 3.65. The minimum Gasteiger partial charge on any atom is -0.493 e. The van der Waals surface area contributed by atoms with E-state index in [0.717, 1.165) is 77.8 Å². The highest BCUT2D eigenvalue weighted by atomic mass is 32.1. The van der Waals surface area contributed by atoms with Crippen molar-refractivity contribution in [3.63, 3.8) is 0 Å². The van der Waals surface area contributed by atoms with Crippen molar-refractivity contribution in [2.75, 3.05) is 20.2 Å². The second-order valence-corrected chi connectivity index (χ2v) is 12.0. The smallest absolute Gasteiger partial charge is 0.270 e. The number of nitrogens with zero attached hydrogens (tertiary/aromatic N) is 2. The Kier molecular flexibility index (Phi) is 6.46. The molecule has 1 saturated carbocycles. The van der Waals surface area contributed by atoms with Crippen molar-refractivity contribution in [1.82, 2.24) is 14.8 Å². The van der Waals surface area contributed by atoms with Crippen LogP contribution in [0.2, 0.25) is 0 Å². The Hall–Kier alpha value is -3.26. The number of fused-ring (bicyclic) bond motifs is 4. The predicted octanol–water partition coefficient (Wildman–Crippen LogP) is 5.22. The van der Waals surface area contributed by atoms with Gasteiger partial charge in [0.25, 0.3) is 5.91 Å². The zero-order valence-electron chi connectivity index (χ0n) is 22.5. The summed E-state index contributed by atoms with van der Waals surface area (Å²) < 4.78 is 14.0. The SMILES string of the molecule is COc1cc2c(cc1OC(C)C)-c1c(-c3cccs3)cc(C(=O)N3C[C@H]4CC(NC(C)=O)C[C@H]4C3)n1CC2. The maximum Gasteiger partial charge on any atom is 0.270 e. The molecular formula is C30H35N3O4S. The molecular weight excluding hydrogens is 498 g/mol. The molecule has 0 radical (unpaired) electrons.